The van der Waals surface area contributed by atoms with Crippen LogP contribution in [0.25, 0.3) is 0 Å². The number of carbonyl (C=O) groups excluding carboxylic acids is 2. The minimum Gasteiger partial charge on any atom is -0.242 e. The Morgan fingerprint density at radius 1 is 1.17 bits per heavy atom. The minimum atomic E-state index is -0.798. The van der Waals surface area contributed by atoms with Crippen LogP contribution in [0.1, 0.15) is 46.0 Å². The van der Waals surface area contributed by atoms with Crippen LogP contribution in [0, 0.1) is 5.92 Å². The van der Waals surface area contributed by atoms with E-state index in [0.29, 0.717) is 17.9 Å². The van der Waals surface area contributed by atoms with Crippen LogP contribution >= 0.6 is 0 Å². The van der Waals surface area contributed by atoms with Crippen LogP contribution in [-0.4, -0.2) is 11.9 Å². The number of carbonyl (C=O) groups is 2. The van der Waals surface area contributed by atoms with E-state index < -0.39 is 11.9 Å². The smallest absolute Gasteiger partial charge is 0.242 e. The average Bonchev–Trinajstić information content (AvgIpc) is 2.34. The highest BCUT2D eigenvalue weighted by Gasteiger charge is 2.11. The third-order valence-electron chi connectivity index (χ3n) is 2.41. The molecule has 0 bridgehead atoms. The topological polar surface area (TPSA) is 52.6 Å². The van der Waals surface area contributed by atoms with E-state index in [2.05, 4.69) is 36.8 Å². The van der Waals surface area contributed by atoms with Gasteiger partial charge in [-0.15, -0.1) is 0 Å². The van der Waals surface area contributed by atoms with Gasteiger partial charge in [-0.05, 0) is 18.8 Å². The Kier molecular flexibility index (Phi) is 8.62. The van der Waals surface area contributed by atoms with Gasteiger partial charge in [0.15, 0.2) is 0 Å². The van der Waals surface area contributed by atoms with Crippen molar-refractivity contribution < 1.29 is 19.4 Å². The first-order chi connectivity index (χ1) is 8.47. The first-order valence-electron chi connectivity index (χ1n) is 6.20. The first kappa shape index (κ1) is 16.4. The van der Waals surface area contributed by atoms with Crippen LogP contribution < -0.4 is 0 Å². The molecule has 0 saturated carbocycles. The molecule has 0 aliphatic carbocycles. The van der Waals surface area contributed by atoms with Gasteiger partial charge >= 0.3 is 11.9 Å². The molecule has 0 aromatic carbocycles. The Morgan fingerprint density at radius 2 is 1.83 bits per heavy atom. The molecule has 0 amide bonds. The molecule has 0 aliphatic rings. The van der Waals surface area contributed by atoms with Crippen LogP contribution in [0.2, 0.25) is 0 Å². The van der Waals surface area contributed by atoms with Crippen LogP contribution in [0.4, 0.5) is 0 Å². The van der Waals surface area contributed by atoms with Gasteiger partial charge < -0.3 is 0 Å². The highest BCUT2D eigenvalue weighted by Crippen LogP contribution is 2.13. The van der Waals surface area contributed by atoms with E-state index in [1.165, 1.54) is 6.42 Å². The third kappa shape index (κ3) is 8.56. The standard InChI is InChI=1S/C14H22O4/c1-5-13(15)17-18-14(16)12(4)10-8-6-7-9-11(2)3/h5,11H,1,4,6-10H2,2-3H3. The maximum atomic E-state index is 11.3. The molecule has 0 radical (unpaired) electrons. The molecule has 0 heterocycles. The van der Waals surface area contributed by atoms with Gasteiger partial charge in [0.1, 0.15) is 0 Å². The Balaban J connectivity index is 3.65. The van der Waals surface area contributed by atoms with Gasteiger partial charge in [0, 0.05) is 11.6 Å². The molecule has 0 rings (SSSR count). The molecular formula is C14H22O4. The number of hydrogen-bond donors (Lipinski definition) is 0. The maximum Gasteiger partial charge on any atom is 0.381 e. The van der Waals surface area contributed by atoms with Crippen molar-refractivity contribution in [2.45, 2.75) is 46.0 Å². The fourth-order valence-electron chi connectivity index (χ4n) is 1.34. The molecule has 102 valence electrons. The zero-order valence-electron chi connectivity index (χ0n) is 11.2. The lowest BCUT2D eigenvalue weighted by molar-refractivity contribution is -0.251. The molecule has 0 aromatic heterocycles. The molecule has 0 saturated heterocycles. The minimum absolute atomic E-state index is 0.316. The zero-order valence-corrected chi connectivity index (χ0v) is 11.2. The molecule has 0 unspecified atom stereocenters. The molecule has 0 spiro atoms. The van der Waals surface area contributed by atoms with Gasteiger partial charge in [-0.3, -0.25) is 0 Å². The molecule has 0 fully saturated rings. The van der Waals surface area contributed by atoms with Gasteiger partial charge in [-0.25, -0.2) is 19.4 Å². The second kappa shape index (κ2) is 9.45. The summed E-state index contributed by atoms with van der Waals surface area (Å²) in [5, 5.41) is 0. The molecular weight excluding hydrogens is 232 g/mol. The maximum absolute atomic E-state index is 11.3. The summed E-state index contributed by atoms with van der Waals surface area (Å²) in [7, 11) is 0. The van der Waals surface area contributed by atoms with Crippen molar-refractivity contribution >= 4 is 11.9 Å². The van der Waals surface area contributed by atoms with Crippen LogP contribution in [0.15, 0.2) is 24.8 Å². The summed E-state index contributed by atoms with van der Waals surface area (Å²) >= 11 is 0. The SMILES string of the molecule is C=CC(=O)OOC(=O)C(=C)CCCCCC(C)C. The quantitative estimate of drug-likeness (QED) is 0.288. The van der Waals surface area contributed by atoms with Crippen molar-refractivity contribution in [2.24, 2.45) is 5.92 Å². The van der Waals surface area contributed by atoms with Crippen LogP contribution in [0.3, 0.4) is 0 Å². The third-order valence-corrected chi connectivity index (χ3v) is 2.41. The lowest BCUT2D eigenvalue weighted by atomic mass is 10.0. The summed E-state index contributed by atoms with van der Waals surface area (Å²) in [6, 6.07) is 0. The highest BCUT2D eigenvalue weighted by molar-refractivity contribution is 5.88. The van der Waals surface area contributed by atoms with E-state index in [-0.39, 0.29) is 0 Å². The number of unbranched alkanes of at least 4 members (excludes halogenated alkanes) is 2. The van der Waals surface area contributed by atoms with E-state index in [9.17, 15) is 9.59 Å². The Bertz CT molecular complexity index is 305. The van der Waals surface area contributed by atoms with Crippen molar-refractivity contribution in [3.63, 3.8) is 0 Å². The highest BCUT2D eigenvalue weighted by atomic mass is 17.2. The molecule has 0 aromatic rings. The van der Waals surface area contributed by atoms with E-state index in [1.54, 1.807) is 0 Å². The Labute approximate surface area is 109 Å². The van der Waals surface area contributed by atoms with E-state index in [4.69, 9.17) is 0 Å². The summed E-state index contributed by atoms with van der Waals surface area (Å²) in [6.45, 7) is 11.1. The van der Waals surface area contributed by atoms with Gasteiger partial charge in [0.2, 0.25) is 0 Å². The van der Waals surface area contributed by atoms with Gasteiger partial charge in [0.05, 0.1) is 0 Å². The Morgan fingerprint density at radius 3 is 2.39 bits per heavy atom. The normalized spacial score (nSPS) is 9.94. The van der Waals surface area contributed by atoms with E-state index in [0.717, 1.165) is 25.3 Å². The van der Waals surface area contributed by atoms with Crippen LogP contribution in [0.5, 0.6) is 0 Å². The largest absolute Gasteiger partial charge is 0.381 e. The van der Waals surface area contributed by atoms with Crippen molar-refractivity contribution in [2.75, 3.05) is 0 Å². The first-order valence-corrected chi connectivity index (χ1v) is 6.20. The summed E-state index contributed by atoms with van der Waals surface area (Å²) in [4.78, 5) is 30.4. The molecule has 0 N–H and O–H groups in total. The van der Waals surface area contributed by atoms with E-state index in [1.807, 2.05) is 0 Å². The summed E-state index contributed by atoms with van der Waals surface area (Å²) < 4.78 is 0. The number of rotatable bonds is 8. The predicted octanol–water partition coefficient (Wildman–Crippen LogP) is 3.34. The van der Waals surface area contributed by atoms with Crippen molar-refractivity contribution in [1.82, 2.24) is 0 Å². The van der Waals surface area contributed by atoms with Gasteiger partial charge in [0.25, 0.3) is 0 Å². The Hall–Kier alpha value is -1.58. The van der Waals surface area contributed by atoms with Crippen molar-refractivity contribution in [1.29, 1.82) is 0 Å². The molecule has 18 heavy (non-hydrogen) atoms. The molecule has 4 nitrogen and oxygen atoms in total. The lowest BCUT2D eigenvalue weighted by Crippen LogP contribution is -2.11. The molecule has 0 aliphatic heterocycles. The second-order valence-corrected chi connectivity index (χ2v) is 4.57. The fraction of sp³-hybridized carbons (Fsp3) is 0.571. The summed E-state index contributed by atoms with van der Waals surface area (Å²) in [5.74, 6) is -0.793. The fourth-order valence-corrected chi connectivity index (χ4v) is 1.34. The molecule has 0 atom stereocenters. The second-order valence-electron chi connectivity index (χ2n) is 4.57. The zero-order chi connectivity index (χ0) is 14.0. The lowest BCUT2D eigenvalue weighted by Gasteiger charge is -2.05. The summed E-state index contributed by atoms with van der Waals surface area (Å²) in [6.07, 6.45) is 5.75. The summed E-state index contributed by atoms with van der Waals surface area (Å²) in [5.41, 5.74) is 0.316. The molecule has 4 heteroatoms. The van der Waals surface area contributed by atoms with Gasteiger partial charge in [-0.1, -0.05) is 46.3 Å². The predicted molar refractivity (Wildman–Crippen MR) is 69.4 cm³/mol. The van der Waals surface area contributed by atoms with Crippen molar-refractivity contribution in [3.8, 4) is 0 Å². The average molecular weight is 254 g/mol. The van der Waals surface area contributed by atoms with Crippen molar-refractivity contribution in [3.05, 3.63) is 24.8 Å². The van der Waals surface area contributed by atoms with E-state index >= 15 is 0 Å². The van der Waals surface area contributed by atoms with Gasteiger partial charge in [-0.2, -0.15) is 0 Å². The van der Waals surface area contributed by atoms with Crippen LogP contribution in [-0.2, 0) is 19.4 Å². The number of hydrogen-bond acceptors (Lipinski definition) is 4. The monoisotopic (exact) mass is 254 g/mol.